The van der Waals surface area contributed by atoms with E-state index in [2.05, 4.69) is 55.1 Å². The topological polar surface area (TPSA) is 63.1 Å². The minimum atomic E-state index is -0.798. The lowest BCUT2D eigenvalue weighted by Crippen LogP contribution is -2.08. The highest BCUT2D eigenvalue weighted by Gasteiger charge is 2.17. The van der Waals surface area contributed by atoms with Crippen LogP contribution >= 0.6 is 45.2 Å². The fourth-order valence-corrected chi connectivity index (χ4v) is 3.46. The normalized spacial score (nSPS) is 12.5. The molecule has 0 saturated heterocycles. The molecule has 0 bridgehead atoms. The van der Waals surface area contributed by atoms with Gasteiger partial charge in [0, 0.05) is 5.56 Å². The third-order valence-electron chi connectivity index (χ3n) is 1.76. The Balaban J connectivity index is 2.99. The number of carboxylic acid groups (broad SMARTS) is 1. The number of rotatable bonds is 3. The SMILES string of the molecule is C[C@H](CC(=O)O)c1c(I)ncnc1I. The van der Waals surface area contributed by atoms with Gasteiger partial charge in [0.1, 0.15) is 13.7 Å². The van der Waals surface area contributed by atoms with Crippen molar-refractivity contribution in [1.29, 1.82) is 0 Å². The molecule has 1 heterocycles. The average molecular weight is 418 g/mol. The summed E-state index contributed by atoms with van der Waals surface area (Å²) in [5.74, 6) is -0.847. The van der Waals surface area contributed by atoms with E-state index in [9.17, 15) is 4.79 Å². The van der Waals surface area contributed by atoms with Crippen molar-refractivity contribution < 1.29 is 9.90 Å². The van der Waals surface area contributed by atoms with Crippen LogP contribution in [-0.4, -0.2) is 21.0 Å². The first-order chi connectivity index (χ1) is 6.52. The molecule has 0 amide bonds. The molecule has 0 unspecified atom stereocenters. The summed E-state index contributed by atoms with van der Waals surface area (Å²) in [6, 6.07) is 0. The molecule has 0 aromatic carbocycles. The summed E-state index contributed by atoms with van der Waals surface area (Å²) in [5.41, 5.74) is 0.927. The van der Waals surface area contributed by atoms with Gasteiger partial charge in [0.25, 0.3) is 0 Å². The Morgan fingerprint density at radius 1 is 1.50 bits per heavy atom. The van der Waals surface area contributed by atoms with Gasteiger partial charge < -0.3 is 5.11 Å². The Kier molecular flexibility index (Phi) is 4.48. The number of carbonyl (C=O) groups is 1. The van der Waals surface area contributed by atoms with Crippen molar-refractivity contribution in [2.45, 2.75) is 19.3 Å². The second-order valence-corrected chi connectivity index (χ2v) is 4.91. The lowest BCUT2D eigenvalue weighted by Gasteiger charge is -2.11. The van der Waals surface area contributed by atoms with Gasteiger partial charge in [0.05, 0.1) is 6.42 Å². The van der Waals surface area contributed by atoms with Crippen molar-refractivity contribution in [3.8, 4) is 0 Å². The summed E-state index contributed by atoms with van der Waals surface area (Å²) in [5, 5.41) is 8.68. The fourth-order valence-electron chi connectivity index (χ4n) is 1.13. The number of halogens is 2. The van der Waals surface area contributed by atoms with Crippen LogP contribution in [0, 0.1) is 7.40 Å². The average Bonchev–Trinajstić information content (AvgIpc) is 2.01. The molecule has 1 atom stereocenters. The molecular weight excluding hydrogens is 410 g/mol. The molecule has 1 aromatic heterocycles. The van der Waals surface area contributed by atoms with Crippen molar-refractivity contribution >= 4 is 51.2 Å². The van der Waals surface area contributed by atoms with E-state index in [4.69, 9.17) is 5.11 Å². The smallest absolute Gasteiger partial charge is 0.303 e. The molecule has 14 heavy (non-hydrogen) atoms. The van der Waals surface area contributed by atoms with Crippen molar-refractivity contribution in [2.24, 2.45) is 0 Å². The number of aliphatic carboxylic acids is 1. The third-order valence-corrected chi connectivity index (χ3v) is 3.48. The van der Waals surface area contributed by atoms with Gasteiger partial charge in [-0.2, -0.15) is 0 Å². The Bertz CT molecular complexity index is 337. The zero-order chi connectivity index (χ0) is 10.7. The number of nitrogens with zero attached hydrogens (tertiary/aromatic N) is 2. The van der Waals surface area contributed by atoms with Crippen molar-refractivity contribution in [3.63, 3.8) is 0 Å². The van der Waals surface area contributed by atoms with Crippen molar-refractivity contribution in [2.75, 3.05) is 0 Å². The maximum atomic E-state index is 10.6. The van der Waals surface area contributed by atoms with Crippen LogP contribution in [0.3, 0.4) is 0 Å². The Labute approximate surface area is 109 Å². The first kappa shape index (κ1) is 12.1. The van der Waals surface area contributed by atoms with Gasteiger partial charge in [-0.05, 0) is 51.1 Å². The van der Waals surface area contributed by atoms with Crippen LogP contribution in [0.5, 0.6) is 0 Å². The first-order valence-electron chi connectivity index (χ1n) is 3.90. The second-order valence-electron chi connectivity index (χ2n) is 2.87. The molecule has 0 saturated carbocycles. The molecule has 1 aromatic rings. The highest BCUT2D eigenvalue weighted by Crippen LogP contribution is 2.26. The van der Waals surface area contributed by atoms with Crippen LogP contribution in [0.4, 0.5) is 0 Å². The quantitative estimate of drug-likeness (QED) is 0.605. The molecule has 0 aliphatic carbocycles. The lowest BCUT2D eigenvalue weighted by atomic mass is 10.0. The number of hydrogen-bond acceptors (Lipinski definition) is 3. The van der Waals surface area contributed by atoms with Gasteiger partial charge in [0.2, 0.25) is 0 Å². The van der Waals surface area contributed by atoms with E-state index in [1.807, 2.05) is 6.92 Å². The molecule has 1 N–H and O–H groups in total. The van der Waals surface area contributed by atoms with Crippen LogP contribution < -0.4 is 0 Å². The van der Waals surface area contributed by atoms with Gasteiger partial charge in [-0.1, -0.05) is 6.92 Å². The molecule has 1 rings (SSSR count). The molecule has 0 spiro atoms. The van der Waals surface area contributed by atoms with Gasteiger partial charge in [-0.3, -0.25) is 4.79 Å². The zero-order valence-corrected chi connectivity index (χ0v) is 11.7. The Morgan fingerprint density at radius 2 is 2.00 bits per heavy atom. The molecular formula is C8H8I2N2O2. The third kappa shape index (κ3) is 3.01. The summed E-state index contributed by atoms with van der Waals surface area (Å²) < 4.78 is 1.66. The van der Waals surface area contributed by atoms with E-state index in [-0.39, 0.29) is 12.3 Å². The molecule has 0 fully saturated rings. The Morgan fingerprint density at radius 3 is 2.43 bits per heavy atom. The number of aromatic nitrogens is 2. The highest BCUT2D eigenvalue weighted by molar-refractivity contribution is 14.1. The largest absolute Gasteiger partial charge is 0.481 e. The van der Waals surface area contributed by atoms with Gasteiger partial charge in [-0.15, -0.1) is 0 Å². The van der Waals surface area contributed by atoms with Gasteiger partial charge >= 0.3 is 5.97 Å². The fraction of sp³-hybridized carbons (Fsp3) is 0.375. The van der Waals surface area contributed by atoms with Crippen LogP contribution in [0.15, 0.2) is 6.33 Å². The van der Waals surface area contributed by atoms with E-state index in [0.29, 0.717) is 0 Å². The lowest BCUT2D eigenvalue weighted by molar-refractivity contribution is -0.137. The second kappa shape index (κ2) is 5.19. The van der Waals surface area contributed by atoms with E-state index in [1.54, 1.807) is 0 Å². The monoisotopic (exact) mass is 418 g/mol. The van der Waals surface area contributed by atoms with Gasteiger partial charge in [-0.25, -0.2) is 9.97 Å². The van der Waals surface area contributed by atoms with E-state index < -0.39 is 5.97 Å². The summed E-state index contributed by atoms with van der Waals surface area (Å²) in [4.78, 5) is 18.7. The maximum absolute atomic E-state index is 10.6. The summed E-state index contributed by atoms with van der Waals surface area (Å²) >= 11 is 4.20. The molecule has 0 radical (unpaired) electrons. The zero-order valence-electron chi connectivity index (χ0n) is 7.37. The Hall–Kier alpha value is 0.01000. The van der Waals surface area contributed by atoms with Crippen LogP contribution in [-0.2, 0) is 4.79 Å². The highest BCUT2D eigenvalue weighted by atomic mass is 127. The molecule has 4 nitrogen and oxygen atoms in total. The molecule has 0 aliphatic rings. The van der Waals surface area contributed by atoms with E-state index >= 15 is 0 Å². The molecule has 0 aliphatic heterocycles. The standard InChI is InChI=1S/C8H8I2N2O2/c1-4(2-5(13)14)6-7(9)11-3-12-8(6)10/h3-4H,2H2,1H3,(H,13,14)/t4-/m1/s1. The minimum Gasteiger partial charge on any atom is -0.481 e. The van der Waals surface area contributed by atoms with Crippen molar-refractivity contribution in [3.05, 3.63) is 19.3 Å². The molecule has 6 heteroatoms. The number of carboxylic acids is 1. The summed E-state index contributed by atoms with van der Waals surface area (Å²) in [6.45, 7) is 1.87. The minimum absolute atomic E-state index is 0.0486. The summed E-state index contributed by atoms with van der Waals surface area (Å²) in [6.07, 6.45) is 1.60. The first-order valence-corrected chi connectivity index (χ1v) is 6.05. The van der Waals surface area contributed by atoms with Crippen molar-refractivity contribution in [1.82, 2.24) is 9.97 Å². The van der Waals surface area contributed by atoms with Crippen LogP contribution in [0.2, 0.25) is 0 Å². The van der Waals surface area contributed by atoms with Gasteiger partial charge in [0.15, 0.2) is 0 Å². The summed E-state index contributed by atoms with van der Waals surface area (Å²) in [7, 11) is 0. The number of hydrogen-bond donors (Lipinski definition) is 1. The van der Waals surface area contributed by atoms with Crippen LogP contribution in [0.1, 0.15) is 24.8 Å². The predicted octanol–water partition coefficient (Wildman–Crippen LogP) is 2.26. The predicted molar refractivity (Wildman–Crippen MR) is 68.1 cm³/mol. The van der Waals surface area contributed by atoms with E-state index in [1.165, 1.54) is 6.33 Å². The van der Waals surface area contributed by atoms with E-state index in [0.717, 1.165) is 13.0 Å². The van der Waals surface area contributed by atoms with Crippen LogP contribution in [0.25, 0.3) is 0 Å². The molecule has 76 valence electrons. The maximum Gasteiger partial charge on any atom is 0.303 e.